The van der Waals surface area contributed by atoms with Crippen LogP contribution in [0.1, 0.15) is 6.92 Å². The van der Waals surface area contributed by atoms with Crippen LogP contribution < -0.4 is 4.90 Å². The third-order valence-corrected chi connectivity index (χ3v) is 3.07. The summed E-state index contributed by atoms with van der Waals surface area (Å²) < 4.78 is 3.82. The summed E-state index contributed by atoms with van der Waals surface area (Å²) in [5.41, 5.74) is 0.458. The van der Waals surface area contributed by atoms with Crippen LogP contribution in [0.2, 0.25) is 5.02 Å². The summed E-state index contributed by atoms with van der Waals surface area (Å²) in [5, 5.41) is 0.543. The first-order chi connectivity index (χ1) is 7.42. The van der Waals surface area contributed by atoms with E-state index in [9.17, 15) is 9.59 Å². The lowest BCUT2D eigenvalue weighted by atomic mass is 10.3. The first-order valence-corrected chi connectivity index (χ1v) is 5.89. The molecule has 4 nitrogen and oxygen atoms in total. The Balaban J connectivity index is 2.39. The van der Waals surface area contributed by atoms with E-state index >= 15 is 0 Å². The van der Waals surface area contributed by atoms with Gasteiger partial charge in [0.25, 0.3) is 5.91 Å². The highest BCUT2D eigenvalue weighted by Gasteiger charge is 2.49. The number of anilines is 1. The summed E-state index contributed by atoms with van der Waals surface area (Å²) in [6.45, 7) is 1.55. The number of benzene rings is 1. The van der Waals surface area contributed by atoms with Gasteiger partial charge >= 0.3 is 6.09 Å². The van der Waals surface area contributed by atoms with E-state index < -0.39 is 9.70 Å². The third-order valence-electron chi connectivity index (χ3n) is 2.13. The first kappa shape index (κ1) is 11.7. The Morgan fingerprint density at radius 2 is 1.88 bits per heavy atom. The number of nitrogens with zero attached hydrogens (tertiary/aromatic N) is 1. The average molecular weight is 352 g/mol. The molecule has 0 N–H and O–H groups in total. The zero-order valence-corrected chi connectivity index (χ0v) is 11.2. The van der Waals surface area contributed by atoms with Gasteiger partial charge in [0.1, 0.15) is 0 Å². The number of carbonyl (C=O) groups is 2. The molecule has 1 saturated heterocycles. The summed E-state index contributed by atoms with van der Waals surface area (Å²) in [6, 6.07) is 6.42. The van der Waals surface area contributed by atoms with Crippen LogP contribution in [-0.4, -0.2) is 15.6 Å². The smallest absolute Gasteiger partial charge is 0.422 e. The van der Waals surface area contributed by atoms with Gasteiger partial charge in [-0.3, -0.25) is 4.79 Å². The molecule has 16 heavy (non-hydrogen) atoms. The van der Waals surface area contributed by atoms with E-state index in [1.165, 1.54) is 0 Å². The summed E-state index contributed by atoms with van der Waals surface area (Å²) in [4.78, 5) is 24.4. The van der Waals surface area contributed by atoms with Gasteiger partial charge in [-0.1, -0.05) is 11.6 Å². The SMILES string of the molecule is CC1(I)OC(=O)N(c2ccc(Cl)cc2)C1=O. The maximum atomic E-state index is 11.9. The molecular weight excluding hydrogens is 344 g/mol. The van der Waals surface area contributed by atoms with E-state index in [1.54, 1.807) is 53.8 Å². The van der Waals surface area contributed by atoms with Crippen molar-refractivity contribution in [1.29, 1.82) is 0 Å². The predicted molar refractivity (Wildman–Crippen MR) is 67.8 cm³/mol. The molecule has 84 valence electrons. The van der Waals surface area contributed by atoms with Gasteiger partial charge in [0.15, 0.2) is 0 Å². The molecule has 1 atom stereocenters. The van der Waals surface area contributed by atoms with Gasteiger partial charge in [0.05, 0.1) is 5.69 Å². The second-order valence-electron chi connectivity index (χ2n) is 3.40. The lowest BCUT2D eigenvalue weighted by Crippen LogP contribution is -2.34. The molecule has 0 aliphatic carbocycles. The van der Waals surface area contributed by atoms with Gasteiger partial charge in [-0.05, 0) is 53.8 Å². The fourth-order valence-electron chi connectivity index (χ4n) is 1.35. The topological polar surface area (TPSA) is 46.6 Å². The Morgan fingerprint density at radius 3 is 2.31 bits per heavy atom. The molecule has 1 aliphatic rings. The molecule has 1 aromatic carbocycles. The van der Waals surface area contributed by atoms with Crippen LogP contribution in [0, 0.1) is 0 Å². The molecule has 1 aliphatic heterocycles. The number of rotatable bonds is 1. The Kier molecular flexibility index (Phi) is 2.83. The number of imide groups is 1. The van der Waals surface area contributed by atoms with Gasteiger partial charge in [-0.2, -0.15) is 0 Å². The highest BCUT2D eigenvalue weighted by Crippen LogP contribution is 2.34. The van der Waals surface area contributed by atoms with Crippen LogP contribution >= 0.6 is 34.2 Å². The van der Waals surface area contributed by atoms with Gasteiger partial charge in [-0.15, -0.1) is 0 Å². The number of ether oxygens (including phenoxy) is 1. The fraction of sp³-hybridized carbons (Fsp3) is 0.200. The molecule has 1 heterocycles. The minimum atomic E-state index is -1.13. The number of hydrogen-bond donors (Lipinski definition) is 0. The lowest BCUT2D eigenvalue weighted by molar-refractivity contribution is -0.122. The molecule has 0 spiro atoms. The number of hydrogen-bond acceptors (Lipinski definition) is 3. The van der Waals surface area contributed by atoms with Crippen LogP contribution in [-0.2, 0) is 9.53 Å². The number of amides is 2. The van der Waals surface area contributed by atoms with Crippen molar-refractivity contribution in [3.8, 4) is 0 Å². The maximum absolute atomic E-state index is 11.9. The molecule has 6 heteroatoms. The molecular formula is C10H7ClINO3. The fourth-order valence-corrected chi connectivity index (χ4v) is 1.90. The monoisotopic (exact) mass is 351 g/mol. The van der Waals surface area contributed by atoms with Gasteiger partial charge in [0, 0.05) is 5.02 Å². The average Bonchev–Trinajstić information content (AvgIpc) is 2.39. The van der Waals surface area contributed by atoms with Crippen molar-refractivity contribution in [2.75, 3.05) is 4.90 Å². The molecule has 1 fully saturated rings. The van der Waals surface area contributed by atoms with Crippen LogP contribution in [0.5, 0.6) is 0 Å². The zero-order valence-electron chi connectivity index (χ0n) is 8.24. The Hall–Kier alpha value is -0.820. The number of alkyl halides is 1. The van der Waals surface area contributed by atoms with E-state index in [1.807, 2.05) is 0 Å². The minimum Gasteiger partial charge on any atom is -0.422 e. The third kappa shape index (κ3) is 1.89. The van der Waals surface area contributed by atoms with Crippen molar-refractivity contribution in [2.45, 2.75) is 10.5 Å². The van der Waals surface area contributed by atoms with Crippen molar-refractivity contribution in [3.05, 3.63) is 29.3 Å². The van der Waals surface area contributed by atoms with E-state index in [0.717, 1.165) is 4.90 Å². The number of carbonyl (C=O) groups excluding carboxylic acids is 2. The zero-order chi connectivity index (χ0) is 11.9. The molecule has 1 unspecified atom stereocenters. The van der Waals surface area contributed by atoms with Crippen LogP contribution in [0.25, 0.3) is 0 Å². The first-order valence-electron chi connectivity index (χ1n) is 4.44. The van der Waals surface area contributed by atoms with Crippen LogP contribution in [0.3, 0.4) is 0 Å². The number of cyclic esters (lactones) is 1. The van der Waals surface area contributed by atoms with E-state index in [4.69, 9.17) is 16.3 Å². The molecule has 2 amide bonds. The molecule has 1 aromatic rings. The van der Waals surface area contributed by atoms with Gasteiger partial charge in [0.2, 0.25) is 3.61 Å². The van der Waals surface area contributed by atoms with E-state index in [0.29, 0.717) is 10.7 Å². The predicted octanol–water partition coefficient (Wildman–Crippen LogP) is 2.97. The van der Waals surface area contributed by atoms with Crippen molar-refractivity contribution in [2.24, 2.45) is 0 Å². The Bertz CT molecular complexity index is 458. The highest BCUT2D eigenvalue weighted by atomic mass is 127. The van der Waals surface area contributed by atoms with E-state index in [-0.39, 0.29) is 5.91 Å². The van der Waals surface area contributed by atoms with Crippen molar-refractivity contribution in [3.63, 3.8) is 0 Å². The largest absolute Gasteiger partial charge is 0.423 e. The van der Waals surface area contributed by atoms with Crippen molar-refractivity contribution < 1.29 is 14.3 Å². The molecule has 0 aromatic heterocycles. The number of halogens is 2. The lowest BCUT2D eigenvalue weighted by Gasteiger charge is -2.12. The molecule has 0 saturated carbocycles. The highest BCUT2D eigenvalue weighted by molar-refractivity contribution is 14.1. The van der Waals surface area contributed by atoms with Gasteiger partial charge in [-0.25, -0.2) is 9.69 Å². The van der Waals surface area contributed by atoms with Gasteiger partial charge < -0.3 is 4.74 Å². The molecule has 0 radical (unpaired) electrons. The maximum Gasteiger partial charge on any atom is 0.423 e. The standard InChI is InChI=1S/C10H7ClINO3/c1-10(12)8(14)13(9(15)16-10)7-4-2-6(11)3-5-7/h2-5H,1H3. The van der Waals surface area contributed by atoms with Crippen LogP contribution in [0.15, 0.2) is 24.3 Å². The minimum absolute atomic E-state index is 0.388. The normalized spacial score (nSPS) is 24.8. The quantitative estimate of drug-likeness (QED) is 0.577. The van der Waals surface area contributed by atoms with Crippen molar-refractivity contribution in [1.82, 2.24) is 0 Å². The summed E-state index contributed by atoms with van der Waals surface area (Å²) in [5.74, 6) is -0.388. The van der Waals surface area contributed by atoms with Crippen LogP contribution in [0.4, 0.5) is 10.5 Å². The van der Waals surface area contributed by atoms with Crippen molar-refractivity contribution >= 4 is 51.9 Å². The second-order valence-corrected chi connectivity index (χ2v) is 5.90. The summed E-state index contributed by atoms with van der Waals surface area (Å²) >= 11 is 7.52. The second kappa shape index (κ2) is 3.89. The Morgan fingerprint density at radius 1 is 1.31 bits per heavy atom. The molecule has 2 rings (SSSR count). The summed E-state index contributed by atoms with van der Waals surface area (Å²) in [7, 11) is 0. The van der Waals surface area contributed by atoms with E-state index in [2.05, 4.69) is 0 Å². The summed E-state index contributed by atoms with van der Waals surface area (Å²) in [6.07, 6.45) is -0.663. The molecule has 0 bridgehead atoms. The Labute approximate surface area is 111 Å².